The third-order valence-corrected chi connectivity index (χ3v) is 3.47. The molecule has 0 bridgehead atoms. The van der Waals surface area contributed by atoms with Gasteiger partial charge in [0.2, 0.25) is 0 Å². The molecule has 1 unspecified atom stereocenters. The standard InChI is InChI=1S/C12H13IN4O2/c1-9(7-16-5-4-14-8-16)15-10-2-3-12(17(18)19)11(13)6-10/h2-6,8-9,15H,7H2,1H3. The molecule has 6 nitrogen and oxygen atoms in total. The van der Waals surface area contributed by atoms with E-state index < -0.39 is 0 Å². The summed E-state index contributed by atoms with van der Waals surface area (Å²) >= 11 is 1.97. The maximum atomic E-state index is 10.7. The molecule has 1 heterocycles. The van der Waals surface area contributed by atoms with Crippen LogP contribution in [0.15, 0.2) is 36.9 Å². The SMILES string of the molecule is CC(Cn1ccnc1)Nc1ccc([N+](=O)[O-])c(I)c1. The van der Waals surface area contributed by atoms with Gasteiger partial charge < -0.3 is 9.88 Å². The molecule has 0 aliphatic rings. The second-order valence-electron chi connectivity index (χ2n) is 4.23. The number of nitro groups is 1. The Kier molecular flexibility index (Phi) is 4.35. The Morgan fingerprint density at radius 2 is 2.37 bits per heavy atom. The third kappa shape index (κ3) is 3.66. The highest BCUT2D eigenvalue weighted by Gasteiger charge is 2.12. The Morgan fingerprint density at radius 3 is 2.95 bits per heavy atom. The lowest BCUT2D eigenvalue weighted by molar-refractivity contribution is -0.385. The van der Waals surface area contributed by atoms with Crippen LogP contribution in [0.5, 0.6) is 0 Å². The smallest absolute Gasteiger partial charge is 0.282 e. The first-order chi connectivity index (χ1) is 9.06. The Bertz CT molecular complexity index is 571. The van der Waals surface area contributed by atoms with Crippen LogP contribution in [0.25, 0.3) is 0 Å². The van der Waals surface area contributed by atoms with E-state index in [0.29, 0.717) is 3.57 Å². The van der Waals surface area contributed by atoms with E-state index in [1.165, 1.54) is 6.07 Å². The lowest BCUT2D eigenvalue weighted by Crippen LogP contribution is -2.21. The number of hydrogen-bond acceptors (Lipinski definition) is 4. The van der Waals surface area contributed by atoms with E-state index in [-0.39, 0.29) is 16.7 Å². The molecule has 0 amide bonds. The van der Waals surface area contributed by atoms with E-state index >= 15 is 0 Å². The monoisotopic (exact) mass is 372 g/mol. The van der Waals surface area contributed by atoms with Gasteiger partial charge in [-0.1, -0.05) is 0 Å². The van der Waals surface area contributed by atoms with Gasteiger partial charge in [0.1, 0.15) is 0 Å². The molecule has 19 heavy (non-hydrogen) atoms. The van der Waals surface area contributed by atoms with Crippen LogP contribution in [0.4, 0.5) is 11.4 Å². The number of rotatable bonds is 5. The van der Waals surface area contributed by atoms with Crippen molar-refractivity contribution in [3.8, 4) is 0 Å². The van der Waals surface area contributed by atoms with Crippen molar-refractivity contribution in [2.75, 3.05) is 5.32 Å². The van der Waals surface area contributed by atoms with Crippen molar-refractivity contribution >= 4 is 34.0 Å². The van der Waals surface area contributed by atoms with Crippen LogP contribution in [0, 0.1) is 13.7 Å². The van der Waals surface area contributed by atoms with E-state index in [1.807, 2.05) is 40.3 Å². The van der Waals surface area contributed by atoms with Gasteiger partial charge in [0.15, 0.2) is 0 Å². The zero-order valence-corrected chi connectivity index (χ0v) is 12.4. The predicted molar refractivity (Wildman–Crippen MR) is 81.1 cm³/mol. The van der Waals surface area contributed by atoms with E-state index in [2.05, 4.69) is 10.3 Å². The second-order valence-corrected chi connectivity index (χ2v) is 5.39. The summed E-state index contributed by atoms with van der Waals surface area (Å²) in [5, 5.41) is 14.0. The number of aromatic nitrogens is 2. The Morgan fingerprint density at radius 1 is 1.58 bits per heavy atom. The number of hydrogen-bond donors (Lipinski definition) is 1. The highest BCUT2D eigenvalue weighted by Crippen LogP contribution is 2.24. The van der Waals surface area contributed by atoms with Crippen LogP contribution < -0.4 is 5.32 Å². The Labute approximate surface area is 124 Å². The molecule has 0 spiro atoms. The predicted octanol–water partition coefficient (Wildman–Crippen LogP) is 2.90. The van der Waals surface area contributed by atoms with Crippen LogP contribution in [0.1, 0.15) is 6.92 Å². The molecule has 0 saturated carbocycles. The van der Waals surface area contributed by atoms with Crippen molar-refractivity contribution < 1.29 is 4.92 Å². The molecule has 0 fully saturated rings. The molecule has 0 radical (unpaired) electrons. The summed E-state index contributed by atoms with van der Waals surface area (Å²) in [5.74, 6) is 0. The van der Waals surface area contributed by atoms with Gasteiger partial charge >= 0.3 is 0 Å². The molecule has 2 rings (SSSR count). The lowest BCUT2D eigenvalue weighted by atomic mass is 10.2. The number of nitrogens with zero attached hydrogens (tertiary/aromatic N) is 3. The summed E-state index contributed by atoms with van der Waals surface area (Å²) < 4.78 is 2.61. The average Bonchev–Trinajstić information content (AvgIpc) is 2.81. The number of nitrogens with one attached hydrogen (secondary N) is 1. The minimum atomic E-state index is -0.375. The van der Waals surface area contributed by atoms with Crippen molar-refractivity contribution in [3.63, 3.8) is 0 Å². The molecule has 100 valence electrons. The maximum Gasteiger partial charge on any atom is 0.282 e. The molecule has 1 atom stereocenters. The van der Waals surface area contributed by atoms with Gasteiger partial charge in [-0.25, -0.2) is 4.98 Å². The minimum absolute atomic E-state index is 0.133. The summed E-state index contributed by atoms with van der Waals surface area (Å²) in [6, 6.07) is 5.23. The van der Waals surface area contributed by atoms with E-state index in [1.54, 1.807) is 24.7 Å². The van der Waals surface area contributed by atoms with Crippen LogP contribution in [-0.2, 0) is 6.54 Å². The first-order valence-electron chi connectivity index (χ1n) is 5.72. The first-order valence-corrected chi connectivity index (χ1v) is 6.80. The summed E-state index contributed by atoms with van der Waals surface area (Å²) in [6.45, 7) is 2.84. The maximum absolute atomic E-state index is 10.7. The Hall–Kier alpha value is -1.64. The fourth-order valence-corrected chi connectivity index (χ4v) is 2.50. The molecule has 1 aromatic heterocycles. The van der Waals surface area contributed by atoms with Gasteiger partial charge in [0, 0.05) is 36.7 Å². The summed E-state index contributed by atoms with van der Waals surface area (Å²) in [7, 11) is 0. The largest absolute Gasteiger partial charge is 0.381 e. The zero-order chi connectivity index (χ0) is 13.8. The number of halogens is 1. The number of benzene rings is 1. The molecule has 1 aromatic carbocycles. The minimum Gasteiger partial charge on any atom is -0.381 e. The van der Waals surface area contributed by atoms with Gasteiger partial charge in [-0.15, -0.1) is 0 Å². The number of imidazole rings is 1. The van der Waals surface area contributed by atoms with E-state index in [4.69, 9.17) is 0 Å². The van der Waals surface area contributed by atoms with Crippen molar-refractivity contribution in [3.05, 3.63) is 50.6 Å². The van der Waals surface area contributed by atoms with Crippen LogP contribution in [0.2, 0.25) is 0 Å². The second kappa shape index (κ2) is 6.00. The van der Waals surface area contributed by atoms with Crippen molar-refractivity contribution in [1.82, 2.24) is 9.55 Å². The molecular weight excluding hydrogens is 359 g/mol. The highest BCUT2D eigenvalue weighted by molar-refractivity contribution is 14.1. The fourth-order valence-electron chi connectivity index (χ4n) is 1.79. The van der Waals surface area contributed by atoms with Gasteiger partial charge in [-0.2, -0.15) is 0 Å². The van der Waals surface area contributed by atoms with Gasteiger partial charge in [0.25, 0.3) is 5.69 Å². The van der Waals surface area contributed by atoms with Crippen LogP contribution in [-0.4, -0.2) is 20.5 Å². The molecule has 0 aliphatic heterocycles. The average molecular weight is 372 g/mol. The van der Waals surface area contributed by atoms with Gasteiger partial charge in [-0.05, 0) is 41.6 Å². The number of nitro benzene ring substituents is 1. The van der Waals surface area contributed by atoms with Crippen LogP contribution >= 0.6 is 22.6 Å². The first kappa shape index (κ1) is 13.8. The fraction of sp³-hybridized carbons (Fsp3) is 0.250. The van der Waals surface area contributed by atoms with Crippen molar-refractivity contribution in [1.29, 1.82) is 0 Å². The molecule has 1 N–H and O–H groups in total. The van der Waals surface area contributed by atoms with Crippen molar-refractivity contribution in [2.24, 2.45) is 0 Å². The molecule has 7 heteroatoms. The molecule has 2 aromatic rings. The quantitative estimate of drug-likeness (QED) is 0.498. The molecular formula is C12H13IN4O2. The normalized spacial score (nSPS) is 12.1. The summed E-state index contributed by atoms with van der Waals surface area (Å²) in [6.07, 6.45) is 5.40. The highest BCUT2D eigenvalue weighted by atomic mass is 127. The van der Waals surface area contributed by atoms with Gasteiger partial charge in [-0.3, -0.25) is 10.1 Å². The number of anilines is 1. The topological polar surface area (TPSA) is 73.0 Å². The summed E-state index contributed by atoms with van der Waals surface area (Å²) in [4.78, 5) is 14.3. The molecule has 0 saturated heterocycles. The van der Waals surface area contributed by atoms with Crippen molar-refractivity contribution in [2.45, 2.75) is 19.5 Å². The van der Waals surface area contributed by atoms with E-state index in [0.717, 1.165) is 12.2 Å². The Balaban J connectivity index is 2.03. The summed E-state index contributed by atoms with van der Waals surface area (Å²) in [5.41, 5.74) is 1.01. The van der Waals surface area contributed by atoms with Gasteiger partial charge in [0.05, 0.1) is 14.8 Å². The van der Waals surface area contributed by atoms with E-state index in [9.17, 15) is 10.1 Å². The lowest BCUT2D eigenvalue weighted by Gasteiger charge is -2.15. The zero-order valence-electron chi connectivity index (χ0n) is 10.3. The van der Waals surface area contributed by atoms with Crippen LogP contribution in [0.3, 0.4) is 0 Å². The molecule has 0 aliphatic carbocycles. The third-order valence-electron chi connectivity index (χ3n) is 2.60.